The molecular formula is C13H9IN2. The van der Waals surface area contributed by atoms with Crippen molar-refractivity contribution >= 4 is 28.2 Å². The highest BCUT2D eigenvalue weighted by Gasteiger charge is 2.07. The average Bonchev–Trinajstić information content (AvgIpc) is 2.77. The SMILES string of the molecule is Ic1ccccc1-c1cccn2ccnc12. The Bertz CT molecular complexity index is 643. The van der Waals surface area contributed by atoms with Crippen molar-refractivity contribution < 1.29 is 0 Å². The van der Waals surface area contributed by atoms with Gasteiger partial charge in [0.05, 0.1) is 0 Å². The Kier molecular flexibility index (Phi) is 2.40. The number of hydrogen-bond donors (Lipinski definition) is 0. The predicted molar refractivity (Wildman–Crippen MR) is 73.3 cm³/mol. The summed E-state index contributed by atoms with van der Waals surface area (Å²) in [6.07, 6.45) is 5.81. The van der Waals surface area contributed by atoms with Gasteiger partial charge in [0.15, 0.2) is 0 Å². The molecule has 2 heterocycles. The van der Waals surface area contributed by atoms with Crippen LogP contribution in [-0.2, 0) is 0 Å². The van der Waals surface area contributed by atoms with Crippen molar-refractivity contribution in [1.29, 1.82) is 0 Å². The summed E-state index contributed by atoms with van der Waals surface area (Å²) in [6.45, 7) is 0. The summed E-state index contributed by atoms with van der Waals surface area (Å²) in [5.74, 6) is 0. The molecule has 3 heteroatoms. The molecule has 0 N–H and O–H groups in total. The first-order valence-corrected chi connectivity index (χ1v) is 6.11. The van der Waals surface area contributed by atoms with Gasteiger partial charge in [-0.15, -0.1) is 0 Å². The monoisotopic (exact) mass is 320 g/mol. The number of benzene rings is 1. The zero-order valence-electron chi connectivity index (χ0n) is 8.47. The molecular weight excluding hydrogens is 311 g/mol. The van der Waals surface area contributed by atoms with Crippen molar-refractivity contribution in [2.45, 2.75) is 0 Å². The highest BCUT2D eigenvalue weighted by molar-refractivity contribution is 14.1. The average molecular weight is 320 g/mol. The van der Waals surface area contributed by atoms with E-state index in [1.807, 2.05) is 29.1 Å². The van der Waals surface area contributed by atoms with Gasteiger partial charge in [0.1, 0.15) is 5.65 Å². The lowest BCUT2D eigenvalue weighted by Crippen LogP contribution is -1.88. The maximum Gasteiger partial charge on any atom is 0.144 e. The summed E-state index contributed by atoms with van der Waals surface area (Å²) in [6, 6.07) is 12.5. The van der Waals surface area contributed by atoms with Crippen LogP contribution in [0.1, 0.15) is 0 Å². The van der Waals surface area contributed by atoms with E-state index in [0.717, 1.165) is 5.65 Å². The first kappa shape index (κ1) is 9.84. The lowest BCUT2D eigenvalue weighted by Gasteiger charge is -2.05. The molecule has 0 atom stereocenters. The van der Waals surface area contributed by atoms with E-state index in [9.17, 15) is 0 Å². The minimum atomic E-state index is 1.01. The van der Waals surface area contributed by atoms with Crippen molar-refractivity contribution in [3.8, 4) is 11.1 Å². The van der Waals surface area contributed by atoms with Gasteiger partial charge in [0.25, 0.3) is 0 Å². The van der Waals surface area contributed by atoms with Gasteiger partial charge >= 0.3 is 0 Å². The third kappa shape index (κ3) is 1.51. The Morgan fingerprint density at radius 1 is 0.938 bits per heavy atom. The molecule has 0 aliphatic heterocycles. The molecule has 1 aromatic carbocycles. The van der Waals surface area contributed by atoms with E-state index in [1.54, 1.807) is 0 Å². The number of fused-ring (bicyclic) bond motifs is 1. The summed E-state index contributed by atoms with van der Waals surface area (Å²) >= 11 is 2.36. The first-order chi connectivity index (χ1) is 7.86. The molecule has 0 aliphatic rings. The second-order valence-corrected chi connectivity index (χ2v) is 4.72. The maximum atomic E-state index is 4.40. The van der Waals surface area contributed by atoms with Crippen LogP contribution in [0.15, 0.2) is 55.0 Å². The number of pyridine rings is 1. The standard InChI is InChI=1S/C13H9IN2/c14-12-6-2-1-4-10(12)11-5-3-8-16-9-7-15-13(11)16/h1-9H. The molecule has 0 radical (unpaired) electrons. The Morgan fingerprint density at radius 3 is 2.62 bits per heavy atom. The fraction of sp³-hybridized carbons (Fsp3) is 0. The zero-order valence-corrected chi connectivity index (χ0v) is 10.6. The molecule has 0 aliphatic carbocycles. The number of imidazole rings is 1. The fourth-order valence-electron chi connectivity index (χ4n) is 1.84. The van der Waals surface area contributed by atoms with Crippen LogP contribution in [0, 0.1) is 3.57 Å². The van der Waals surface area contributed by atoms with Crippen molar-refractivity contribution in [2.24, 2.45) is 0 Å². The summed E-state index contributed by atoms with van der Waals surface area (Å²) in [7, 11) is 0. The lowest BCUT2D eigenvalue weighted by molar-refractivity contribution is 1.19. The molecule has 0 fully saturated rings. The summed E-state index contributed by atoms with van der Waals surface area (Å²) in [5.41, 5.74) is 3.42. The highest BCUT2D eigenvalue weighted by atomic mass is 127. The topological polar surface area (TPSA) is 17.3 Å². The molecule has 78 valence electrons. The Morgan fingerprint density at radius 2 is 1.75 bits per heavy atom. The third-order valence-corrected chi connectivity index (χ3v) is 3.52. The lowest BCUT2D eigenvalue weighted by atomic mass is 10.1. The zero-order chi connectivity index (χ0) is 11.0. The molecule has 2 aromatic heterocycles. The second kappa shape index (κ2) is 3.90. The summed E-state index contributed by atoms with van der Waals surface area (Å²) < 4.78 is 3.29. The van der Waals surface area contributed by atoms with Crippen LogP contribution in [0.25, 0.3) is 16.8 Å². The largest absolute Gasteiger partial charge is 0.307 e. The van der Waals surface area contributed by atoms with E-state index in [4.69, 9.17) is 0 Å². The first-order valence-electron chi connectivity index (χ1n) is 5.03. The number of halogens is 1. The maximum absolute atomic E-state index is 4.40. The van der Waals surface area contributed by atoms with Gasteiger partial charge in [-0.2, -0.15) is 0 Å². The third-order valence-electron chi connectivity index (χ3n) is 2.58. The molecule has 3 rings (SSSR count). The highest BCUT2D eigenvalue weighted by Crippen LogP contribution is 2.27. The second-order valence-electron chi connectivity index (χ2n) is 3.56. The normalized spacial score (nSPS) is 10.8. The number of aromatic nitrogens is 2. The molecule has 16 heavy (non-hydrogen) atoms. The van der Waals surface area contributed by atoms with E-state index in [0.29, 0.717) is 0 Å². The van der Waals surface area contributed by atoms with Gasteiger partial charge in [-0.25, -0.2) is 4.98 Å². The smallest absolute Gasteiger partial charge is 0.144 e. The minimum absolute atomic E-state index is 1.01. The van der Waals surface area contributed by atoms with E-state index in [-0.39, 0.29) is 0 Å². The van der Waals surface area contributed by atoms with Crippen LogP contribution in [0.4, 0.5) is 0 Å². The quantitative estimate of drug-likeness (QED) is 0.626. The van der Waals surface area contributed by atoms with Crippen molar-refractivity contribution in [3.63, 3.8) is 0 Å². The Hall–Kier alpha value is -1.36. The minimum Gasteiger partial charge on any atom is -0.307 e. The van der Waals surface area contributed by atoms with Crippen molar-refractivity contribution in [2.75, 3.05) is 0 Å². The molecule has 3 aromatic rings. The Labute approximate surface area is 107 Å². The molecule has 0 unspecified atom stereocenters. The fourth-order valence-corrected chi connectivity index (χ4v) is 2.52. The van der Waals surface area contributed by atoms with Crippen LogP contribution >= 0.6 is 22.6 Å². The summed E-state index contributed by atoms with van der Waals surface area (Å²) in [4.78, 5) is 4.40. The van der Waals surface area contributed by atoms with E-state index in [1.165, 1.54) is 14.7 Å². The van der Waals surface area contributed by atoms with Gasteiger partial charge in [0, 0.05) is 27.7 Å². The molecule has 2 nitrogen and oxygen atoms in total. The molecule has 0 saturated heterocycles. The Balaban J connectivity index is 2.34. The van der Waals surface area contributed by atoms with Gasteiger partial charge in [-0.05, 0) is 46.4 Å². The molecule has 0 saturated carbocycles. The van der Waals surface area contributed by atoms with Gasteiger partial charge in [-0.3, -0.25) is 0 Å². The van der Waals surface area contributed by atoms with Crippen LogP contribution in [0.5, 0.6) is 0 Å². The van der Waals surface area contributed by atoms with Crippen molar-refractivity contribution in [3.05, 3.63) is 58.6 Å². The van der Waals surface area contributed by atoms with Gasteiger partial charge < -0.3 is 4.40 Å². The number of rotatable bonds is 1. The summed E-state index contributed by atoms with van der Waals surface area (Å²) in [5, 5.41) is 0. The van der Waals surface area contributed by atoms with Crippen LogP contribution in [0.2, 0.25) is 0 Å². The van der Waals surface area contributed by atoms with Crippen LogP contribution in [0.3, 0.4) is 0 Å². The molecule has 0 spiro atoms. The number of hydrogen-bond acceptors (Lipinski definition) is 1. The van der Waals surface area contributed by atoms with Gasteiger partial charge in [-0.1, -0.05) is 18.2 Å². The van der Waals surface area contributed by atoms with E-state index < -0.39 is 0 Å². The van der Waals surface area contributed by atoms with Gasteiger partial charge in [0.2, 0.25) is 0 Å². The van der Waals surface area contributed by atoms with Crippen LogP contribution < -0.4 is 0 Å². The van der Waals surface area contributed by atoms with Crippen LogP contribution in [-0.4, -0.2) is 9.38 Å². The van der Waals surface area contributed by atoms with Crippen molar-refractivity contribution in [1.82, 2.24) is 9.38 Å². The molecule has 0 bridgehead atoms. The predicted octanol–water partition coefficient (Wildman–Crippen LogP) is 3.61. The van der Waals surface area contributed by atoms with E-state index >= 15 is 0 Å². The van der Waals surface area contributed by atoms with E-state index in [2.05, 4.69) is 57.9 Å². The molecule has 0 amide bonds. The number of nitrogens with zero attached hydrogens (tertiary/aromatic N) is 2.